The predicted molar refractivity (Wildman–Crippen MR) is 70.8 cm³/mol. The Morgan fingerprint density at radius 1 is 1.18 bits per heavy atom. The van der Waals surface area contributed by atoms with Crippen molar-refractivity contribution in [1.82, 2.24) is 5.32 Å². The van der Waals surface area contributed by atoms with Gasteiger partial charge in [0.05, 0.1) is 6.61 Å². The van der Waals surface area contributed by atoms with E-state index in [0.717, 1.165) is 32.2 Å². The van der Waals surface area contributed by atoms with Crippen LogP contribution in [0.1, 0.15) is 37.3 Å². The third kappa shape index (κ3) is 4.88. The molecule has 0 bridgehead atoms. The first-order valence-electron chi connectivity index (χ1n) is 6.74. The molecule has 0 radical (unpaired) electrons. The fraction of sp³-hybridized carbons (Fsp3) is 0.600. The third-order valence-electron chi connectivity index (χ3n) is 3.24. The lowest BCUT2D eigenvalue weighted by molar-refractivity contribution is 0.115. The van der Waals surface area contributed by atoms with E-state index in [4.69, 9.17) is 4.74 Å². The second-order valence-electron chi connectivity index (χ2n) is 4.88. The summed E-state index contributed by atoms with van der Waals surface area (Å²) in [6.45, 7) is 5.78. The molecular formula is C15H23NO. The molecule has 1 aromatic carbocycles. The zero-order valence-corrected chi connectivity index (χ0v) is 10.7. The maximum absolute atomic E-state index is 5.68. The Balaban J connectivity index is 1.65. The van der Waals surface area contributed by atoms with Gasteiger partial charge >= 0.3 is 0 Å². The SMILES string of the molecule is CCNCc1ccc(COCCC2CC2)cc1. The van der Waals surface area contributed by atoms with Crippen LogP contribution in [-0.2, 0) is 17.9 Å². The summed E-state index contributed by atoms with van der Waals surface area (Å²) in [4.78, 5) is 0. The van der Waals surface area contributed by atoms with Crippen LogP contribution in [0.25, 0.3) is 0 Å². The summed E-state index contributed by atoms with van der Waals surface area (Å²) in [7, 11) is 0. The lowest BCUT2D eigenvalue weighted by Crippen LogP contribution is -2.11. The van der Waals surface area contributed by atoms with Gasteiger partial charge in [0.25, 0.3) is 0 Å². The molecule has 0 amide bonds. The second-order valence-corrected chi connectivity index (χ2v) is 4.88. The lowest BCUT2D eigenvalue weighted by Gasteiger charge is -2.06. The van der Waals surface area contributed by atoms with Gasteiger partial charge in [-0.15, -0.1) is 0 Å². The Morgan fingerprint density at radius 2 is 1.88 bits per heavy atom. The summed E-state index contributed by atoms with van der Waals surface area (Å²) < 4.78 is 5.68. The maximum Gasteiger partial charge on any atom is 0.0716 e. The van der Waals surface area contributed by atoms with E-state index in [0.29, 0.717) is 0 Å². The van der Waals surface area contributed by atoms with Crippen LogP contribution in [-0.4, -0.2) is 13.2 Å². The van der Waals surface area contributed by atoms with Gasteiger partial charge in [0.2, 0.25) is 0 Å². The van der Waals surface area contributed by atoms with Crippen LogP contribution < -0.4 is 5.32 Å². The van der Waals surface area contributed by atoms with E-state index in [1.807, 2.05) is 0 Å². The first-order valence-corrected chi connectivity index (χ1v) is 6.74. The minimum absolute atomic E-state index is 0.758. The molecular weight excluding hydrogens is 210 g/mol. The average Bonchev–Trinajstić information content (AvgIpc) is 3.18. The van der Waals surface area contributed by atoms with Crippen LogP contribution in [0.5, 0.6) is 0 Å². The van der Waals surface area contributed by atoms with Crippen molar-refractivity contribution < 1.29 is 4.74 Å². The van der Waals surface area contributed by atoms with Crippen molar-refractivity contribution in [3.63, 3.8) is 0 Å². The molecule has 1 aliphatic carbocycles. The van der Waals surface area contributed by atoms with E-state index in [1.54, 1.807) is 0 Å². The van der Waals surface area contributed by atoms with Crippen LogP contribution in [0.4, 0.5) is 0 Å². The van der Waals surface area contributed by atoms with E-state index in [9.17, 15) is 0 Å². The van der Waals surface area contributed by atoms with E-state index >= 15 is 0 Å². The highest BCUT2D eigenvalue weighted by molar-refractivity contribution is 5.21. The van der Waals surface area contributed by atoms with Gasteiger partial charge in [-0.1, -0.05) is 44.0 Å². The summed E-state index contributed by atoms with van der Waals surface area (Å²) in [6.07, 6.45) is 4.09. The molecule has 0 saturated heterocycles. The van der Waals surface area contributed by atoms with Gasteiger partial charge in [0.1, 0.15) is 0 Å². The monoisotopic (exact) mass is 233 g/mol. The summed E-state index contributed by atoms with van der Waals surface area (Å²) in [5.74, 6) is 0.970. The van der Waals surface area contributed by atoms with Crippen LogP contribution in [0.2, 0.25) is 0 Å². The van der Waals surface area contributed by atoms with Crippen LogP contribution in [0.3, 0.4) is 0 Å². The van der Waals surface area contributed by atoms with Gasteiger partial charge in [-0.3, -0.25) is 0 Å². The molecule has 2 nitrogen and oxygen atoms in total. The standard InChI is InChI=1S/C15H23NO/c1-2-16-11-14-5-7-15(8-6-14)12-17-10-9-13-3-4-13/h5-8,13,16H,2-4,9-12H2,1H3. The molecule has 1 saturated carbocycles. The smallest absolute Gasteiger partial charge is 0.0716 e. The summed E-state index contributed by atoms with van der Waals surface area (Å²) >= 11 is 0. The Labute approximate surface area is 104 Å². The van der Waals surface area contributed by atoms with Crippen molar-refractivity contribution in [2.75, 3.05) is 13.2 Å². The Kier molecular flexibility index (Phi) is 5.02. The molecule has 1 fully saturated rings. The van der Waals surface area contributed by atoms with Crippen LogP contribution >= 0.6 is 0 Å². The molecule has 0 aromatic heterocycles. The van der Waals surface area contributed by atoms with Gasteiger partial charge in [-0.2, -0.15) is 0 Å². The number of hydrogen-bond acceptors (Lipinski definition) is 2. The van der Waals surface area contributed by atoms with E-state index in [1.165, 1.54) is 30.4 Å². The first-order chi connectivity index (χ1) is 8.38. The molecule has 94 valence electrons. The normalized spacial score (nSPS) is 15.1. The third-order valence-corrected chi connectivity index (χ3v) is 3.24. The van der Waals surface area contributed by atoms with E-state index < -0.39 is 0 Å². The van der Waals surface area contributed by atoms with Crippen molar-refractivity contribution in [3.8, 4) is 0 Å². The average molecular weight is 233 g/mol. The molecule has 17 heavy (non-hydrogen) atoms. The maximum atomic E-state index is 5.68. The number of nitrogens with one attached hydrogen (secondary N) is 1. The summed E-state index contributed by atoms with van der Waals surface area (Å²) in [5, 5.41) is 3.32. The van der Waals surface area contributed by atoms with E-state index in [-0.39, 0.29) is 0 Å². The van der Waals surface area contributed by atoms with Gasteiger partial charge in [0.15, 0.2) is 0 Å². The lowest BCUT2D eigenvalue weighted by atomic mass is 10.1. The molecule has 1 N–H and O–H groups in total. The zero-order valence-electron chi connectivity index (χ0n) is 10.7. The Bertz CT molecular complexity index is 316. The fourth-order valence-electron chi connectivity index (χ4n) is 1.87. The van der Waals surface area contributed by atoms with Crippen molar-refractivity contribution in [2.24, 2.45) is 5.92 Å². The largest absolute Gasteiger partial charge is 0.377 e. The summed E-state index contributed by atoms with van der Waals surface area (Å²) in [5.41, 5.74) is 2.62. The number of ether oxygens (including phenoxy) is 1. The molecule has 0 atom stereocenters. The topological polar surface area (TPSA) is 21.3 Å². The quantitative estimate of drug-likeness (QED) is 0.697. The minimum Gasteiger partial charge on any atom is -0.377 e. The highest BCUT2D eigenvalue weighted by atomic mass is 16.5. The Hall–Kier alpha value is -0.860. The predicted octanol–water partition coefficient (Wildman–Crippen LogP) is 3.11. The molecule has 0 heterocycles. The van der Waals surface area contributed by atoms with Crippen LogP contribution in [0.15, 0.2) is 24.3 Å². The zero-order chi connectivity index (χ0) is 11.9. The molecule has 1 aliphatic rings. The van der Waals surface area contributed by atoms with Crippen molar-refractivity contribution >= 4 is 0 Å². The minimum atomic E-state index is 0.758. The molecule has 0 aliphatic heterocycles. The summed E-state index contributed by atoms with van der Waals surface area (Å²) in [6, 6.07) is 8.71. The first kappa shape index (κ1) is 12.6. The highest BCUT2D eigenvalue weighted by Crippen LogP contribution is 2.32. The molecule has 0 unspecified atom stereocenters. The number of hydrogen-bond donors (Lipinski definition) is 1. The van der Waals surface area contributed by atoms with E-state index in [2.05, 4.69) is 36.5 Å². The van der Waals surface area contributed by atoms with Crippen LogP contribution in [0, 0.1) is 5.92 Å². The van der Waals surface area contributed by atoms with Gasteiger partial charge in [-0.05, 0) is 30.0 Å². The van der Waals surface area contributed by atoms with Gasteiger partial charge in [-0.25, -0.2) is 0 Å². The second kappa shape index (κ2) is 6.77. The fourth-order valence-corrected chi connectivity index (χ4v) is 1.87. The van der Waals surface area contributed by atoms with Gasteiger partial charge < -0.3 is 10.1 Å². The highest BCUT2D eigenvalue weighted by Gasteiger charge is 2.20. The Morgan fingerprint density at radius 3 is 2.53 bits per heavy atom. The molecule has 2 rings (SSSR count). The molecule has 0 spiro atoms. The number of rotatable bonds is 8. The van der Waals surface area contributed by atoms with Gasteiger partial charge in [0, 0.05) is 13.2 Å². The molecule has 1 aromatic rings. The molecule has 2 heteroatoms. The van der Waals surface area contributed by atoms with Crippen molar-refractivity contribution in [3.05, 3.63) is 35.4 Å². The number of benzene rings is 1. The van der Waals surface area contributed by atoms with Crippen molar-refractivity contribution in [2.45, 2.75) is 39.3 Å². The van der Waals surface area contributed by atoms with Crippen molar-refractivity contribution in [1.29, 1.82) is 0 Å².